The predicted molar refractivity (Wildman–Crippen MR) is 63.9 cm³/mol. The zero-order chi connectivity index (χ0) is 10.7. The maximum absolute atomic E-state index is 5.74. The lowest BCUT2D eigenvalue weighted by molar-refractivity contribution is 0.144. The van der Waals surface area contributed by atoms with E-state index in [-0.39, 0.29) is 0 Å². The van der Waals surface area contributed by atoms with Crippen LogP contribution in [0.5, 0.6) is 0 Å². The molecule has 0 radical (unpaired) electrons. The third-order valence-corrected chi connectivity index (χ3v) is 3.13. The summed E-state index contributed by atoms with van der Waals surface area (Å²) in [4.78, 5) is 2.49. The van der Waals surface area contributed by atoms with E-state index in [4.69, 9.17) is 5.73 Å². The van der Waals surface area contributed by atoms with Crippen LogP contribution in [0.15, 0.2) is 30.3 Å². The van der Waals surface area contributed by atoms with Crippen LogP contribution in [0.3, 0.4) is 0 Å². The lowest BCUT2D eigenvalue weighted by Crippen LogP contribution is -2.46. The van der Waals surface area contributed by atoms with E-state index in [2.05, 4.69) is 42.2 Å². The number of hydrogen-bond acceptors (Lipinski definition) is 2. The van der Waals surface area contributed by atoms with E-state index in [1.807, 2.05) is 0 Å². The van der Waals surface area contributed by atoms with Gasteiger partial charge in [-0.2, -0.15) is 0 Å². The Hall–Kier alpha value is -0.860. The number of likely N-dealkylation sites (tertiary alicyclic amines) is 1. The Labute approximate surface area is 92.1 Å². The van der Waals surface area contributed by atoms with Gasteiger partial charge in [-0.1, -0.05) is 30.3 Å². The van der Waals surface area contributed by atoms with Crippen molar-refractivity contribution in [3.8, 4) is 0 Å². The molecule has 1 aliphatic heterocycles. The standard InChI is InChI=1S/C13H20N2/c1-11(14)7-8-15-9-13(10-15)12-5-3-2-4-6-12/h2-6,11,13H,7-10,14H2,1H3. The third-order valence-electron chi connectivity index (χ3n) is 3.13. The topological polar surface area (TPSA) is 29.3 Å². The van der Waals surface area contributed by atoms with Gasteiger partial charge in [0.25, 0.3) is 0 Å². The fourth-order valence-corrected chi connectivity index (χ4v) is 2.07. The molecule has 1 aliphatic rings. The molecule has 1 unspecified atom stereocenters. The fraction of sp³-hybridized carbons (Fsp3) is 0.538. The van der Waals surface area contributed by atoms with Crippen molar-refractivity contribution in [3.63, 3.8) is 0 Å². The minimum absolute atomic E-state index is 0.334. The molecule has 2 N–H and O–H groups in total. The Kier molecular flexibility index (Phi) is 3.39. The first kappa shape index (κ1) is 10.7. The summed E-state index contributed by atoms with van der Waals surface area (Å²) in [6.45, 7) is 5.64. The lowest BCUT2D eigenvalue weighted by Gasteiger charge is -2.40. The summed E-state index contributed by atoms with van der Waals surface area (Å²) in [6, 6.07) is 11.1. The molecule has 0 bridgehead atoms. The third kappa shape index (κ3) is 2.80. The summed E-state index contributed by atoms with van der Waals surface area (Å²) in [5.74, 6) is 0.749. The summed E-state index contributed by atoms with van der Waals surface area (Å²) >= 11 is 0. The van der Waals surface area contributed by atoms with Crippen molar-refractivity contribution >= 4 is 0 Å². The van der Waals surface area contributed by atoms with E-state index in [1.54, 1.807) is 0 Å². The highest BCUT2D eigenvalue weighted by molar-refractivity contribution is 5.22. The van der Waals surface area contributed by atoms with E-state index < -0.39 is 0 Å². The molecule has 2 nitrogen and oxygen atoms in total. The molecule has 2 heteroatoms. The lowest BCUT2D eigenvalue weighted by atomic mass is 9.91. The van der Waals surface area contributed by atoms with Crippen molar-refractivity contribution in [2.24, 2.45) is 5.73 Å². The Morgan fingerprint density at radius 1 is 1.33 bits per heavy atom. The van der Waals surface area contributed by atoms with Crippen molar-refractivity contribution in [1.29, 1.82) is 0 Å². The van der Waals surface area contributed by atoms with E-state index >= 15 is 0 Å². The van der Waals surface area contributed by atoms with Crippen LogP contribution in [0, 0.1) is 0 Å². The van der Waals surface area contributed by atoms with Gasteiger partial charge in [0.15, 0.2) is 0 Å². The second-order valence-electron chi connectivity index (χ2n) is 4.63. The first-order valence-electron chi connectivity index (χ1n) is 5.78. The van der Waals surface area contributed by atoms with Crippen LogP contribution in [-0.2, 0) is 0 Å². The van der Waals surface area contributed by atoms with Crippen molar-refractivity contribution in [1.82, 2.24) is 4.90 Å². The predicted octanol–water partition coefficient (Wildman–Crippen LogP) is 1.82. The van der Waals surface area contributed by atoms with Gasteiger partial charge < -0.3 is 10.6 Å². The van der Waals surface area contributed by atoms with Gasteiger partial charge >= 0.3 is 0 Å². The van der Waals surface area contributed by atoms with Gasteiger partial charge in [0.05, 0.1) is 0 Å². The molecule has 1 aromatic rings. The smallest absolute Gasteiger partial charge is 0.00936 e. The second kappa shape index (κ2) is 4.77. The highest BCUT2D eigenvalue weighted by Gasteiger charge is 2.27. The van der Waals surface area contributed by atoms with Crippen LogP contribution in [0.2, 0.25) is 0 Å². The van der Waals surface area contributed by atoms with Crippen LogP contribution in [0.1, 0.15) is 24.8 Å². The number of rotatable bonds is 4. The number of nitrogens with two attached hydrogens (primary N) is 1. The van der Waals surface area contributed by atoms with Crippen molar-refractivity contribution in [2.75, 3.05) is 19.6 Å². The summed E-state index contributed by atoms with van der Waals surface area (Å²) in [5.41, 5.74) is 7.22. The van der Waals surface area contributed by atoms with Crippen molar-refractivity contribution < 1.29 is 0 Å². The maximum Gasteiger partial charge on any atom is 0.00936 e. The molecule has 0 aliphatic carbocycles. The Bertz CT molecular complexity index is 289. The molecule has 82 valence electrons. The SMILES string of the molecule is CC(N)CCN1CC(c2ccccc2)C1. The van der Waals surface area contributed by atoms with Gasteiger partial charge in [0.1, 0.15) is 0 Å². The summed E-state index contributed by atoms with van der Waals surface area (Å²) in [6.07, 6.45) is 1.11. The van der Waals surface area contributed by atoms with Crippen LogP contribution in [0.4, 0.5) is 0 Å². The number of hydrogen-bond donors (Lipinski definition) is 1. The Balaban J connectivity index is 1.74. The molecule has 0 amide bonds. The van der Waals surface area contributed by atoms with Crippen LogP contribution >= 0.6 is 0 Å². The van der Waals surface area contributed by atoms with Gasteiger partial charge in [-0.05, 0) is 25.5 Å². The van der Waals surface area contributed by atoms with Gasteiger partial charge in [0, 0.05) is 25.0 Å². The zero-order valence-corrected chi connectivity index (χ0v) is 9.39. The Morgan fingerprint density at radius 3 is 2.60 bits per heavy atom. The molecular formula is C13H20N2. The second-order valence-corrected chi connectivity index (χ2v) is 4.63. The zero-order valence-electron chi connectivity index (χ0n) is 9.39. The van der Waals surface area contributed by atoms with E-state index in [0.29, 0.717) is 6.04 Å². The molecule has 0 saturated carbocycles. The highest BCUT2D eigenvalue weighted by Crippen LogP contribution is 2.26. The van der Waals surface area contributed by atoms with Crippen LogP contribution < -0.4 is 5.73 Å². The van der Waals surface area contributed by atoms with Gasteiger partial charge in [-0.25, -0.2) is 0 Å². The van der Waals surface area contributed by atoms with E-state index in [1.165, 1.54) is 18.7 Å². The molecule has 15 heavy (non-hydrogen) atoms. The monoisotopic (exact) mass is 204 g/mol. The largest absolute Gasteiger partial charge is 0.328 e. The summed E-state index contributed by atoms with van der Waals surface area (Å²) < 4.78 is 0. The summed E-state index contributed by atoms with van der Waals surface area (Å²) in [5, 5.41) is 0. The molecule has 1 heterocycles. The van der Waals surface area contributed by atoms with Crippen LogP contribution in [0.25, 0.3) is 0 Å². The minimum Gasteiger partial charge on any atom is -0.328 e. The van der Waals surface area contributed by atoms with Crippen molar-refractivity contribution in [3.05, 3.63) is 35.9 Å². The molecule has 1 aromatic carbocycles. The molecule has 0 spiro atoms. The molecule has 1 saturated heterocycles. The minimum atomic E-state index is 0.334. The van der Waals surface area contributed by atoms with Gasteiger partial charge in [-0.3, -0.25) is 0 Å². The fourth-order valence-electron chi connectivity index (χ4n) is 2.07. The number of nitrogens with zero attached hydrogens (tertiary/aromatic N) is 1. The van der Waals surface area contributed by atoms with Crippen molar-refractivity contribution in [2.45, 2.75) is 25.3 Å². The quantitative estimate of drug-likeness (QED) is 0.810. The van der Waals surface area contributed by atoms with E-state index in [0.717, 1.165) is 18.9 Å². The van der Waals surface area contributed by atoms with E-state index in [9.17, 15) is 0 Å². The first-order chi connectivity index (χ1) is 7.25. The van der Waals surface area contributed by atoms with Crippen LogP contribution in [-0.4, -0.2) is 30.6 Å². The van der Waals surface area contributed by atoms with Gasteiger partial charge in [0.2, 0.25) is 0 Å². The highest BCUT2D eigenvalue weighted by atomic mass is 15.2. The first-order valence-corrected chi connectivity index (χ1v) is 5.78. The molecule has 0 aromatic heterocycles. The maximum atomic E-state index is 5.74. The Morgan fingerprint density at radius 2 is 2.00 bits per heavy atom. The average molecular weight is 204 g/mol. The molecular weight excluding hydrogens is 184 g/mol. The normalized spacial score (nSPS) is 19.9. The molecule has 1 atom stereocenters. The average Bonchev–Trinajstić information content (AvgIpc) is 2.16. The van der Waals surface area contributed by atoms with Gasteiger partial charge in [-0.15, -0.1) is 0 Å². The number of benzene rings is 1. The molecule has 2 rings (SSSR count). The molecule has 1 fully saturated rings. The summed E-state index contributed by atoms with van der Waals surface area (Å²) in [7, 11) is 0.